The fourth-order valence-electron chi connectivity index (χ4n) is 3.06. The van der Waals surface area contributed by atoms with Crippen LogP contribution in [0.15, 0.2) is 84.9 Å². The van der Waals surface area contributed by atoms with Gasteiger partial charge in [0.1, 0.15) is 0 Å². The van der Waals surface area contributed by atoms with Crippen LogP contribution in [0.5, 0.6) is 0 Å². The fourth-order valence-corrected chi connectivity index (χ4v) is 4.26. The first kappa shape index (κ1) is 15.4. The van der Waals surface area contributed by atoms with Crippen LogP contribution in [-0.4, -0.2) is 4.20 Å². The Bertz CT molecular complexity index is 966. The molecule has 0 heterocycles. The Kier molecular flexibility index (Phi) is 4.33. The minimum Gasteiger partial charge on any atom is -0.109 e. The maximum absolute atomic E-state index is 5.63. The summed E-state index contributed by atoms with van der Waals surface area (Å²) in [4.78, 5) is 0. The Morgan fingerprint density at radius 3 is 1.88 bits per heavy atom. The molecule has 24 heavy (non-hydrogen) atoms. The van der Waals surface area contributed by atoms with Gasteiger partial charge in [0, 0.05) is 5.75 Å². The van der Waals surface area contributed by atoms with Crippen molar-refractivity contribution in [1.29, 1.82) is 0 Å². The first-order chi connectivity index (χ1) is 11.8. The van der Waals surface area contributed by atoms with Crippen LogP contribution in [0.25, 0.3) is 21.5 Å². The average Bonchev–Trinajstić information content (AvgIpc) is 2.65. The highest BCUT2D eigenvalue weighted by molar-refractivity contribution is 8.23. The molecule has 0 bridgehead atoms. The van der Waals surface area contributed by atoms with E-state index in [1.165, 1.54) is 27.1 Å². The van der Waals surface area contributed by atoms with E-state index in [-0.39, 0.29) is 0 Å². The number of thioether (sulfide) groups is 1. The zero-order valence-corrected chi connectivity index (χ0v) is 14.7. The molecule has 0 saturated heterocycles. The van der Waals surface area contributed by atoms with Gasteiger partial charge in [0.2, 0.25) is 0 Å². The first-order valence-corrected chi connectivity index (χ1v) is 9.34. The van der Waals surface area contributed by atoms with E-state index in [4.69, 9.17) is 12.2 Å². The van der Waals surface area contributed by atoms with E-state index in [0.29, 0.717) is 0 Å². The van der Waals surface area contributed by atoms with E-state index in [9.17, 15) is 0 Å². The third-order valence-electron chi connectivity index (χ3n) is 4.24. The summed E-state index contributed by atoms with van der Waals surface area (Å²) < 4.78 is 0.951. The predicted octanol–water partition coefficient (Wildman–Crippen LogP) is 6.60. The van der Waals surface area contributed by atoms with Crippen LogP contribution >= 0.6 is 24.0 Å². The number of benzene rings is 4. The maximum Gasteiger partial charge on any atom is 0.0781 e. The van der Waals surface area contributed by atoms with Crippen molar-refractivity contribution in [2.24, 2.45) is 0 Å². The van der Waals surface area contributed by atoms with Gasteiger partial charge < -0.3 is 0 Å². The molecule has 4 aromatic rings. The third-order valence-corrected chi connectivity index (χ3v) is 5.76. The minimum atomic E-state index is 0.885. The van der Waals surface area contributed by atoms with E-state index >= 15 is 0 Å². The monoisotopic (exact) mass is 344 g/mol. The number of rotatable bonds is 3. The average molecular weight is 345 g/mol. The molecule has 0 aliphatic heterocycles. The molecule has 0 amide bonds. The summed E-state index contributed by atoms with van der Waals surface area (Å²) in [5, 5.41) is 5.22. The van der Waals surface area contributed by atoms with Gasteiger partial charge in [-0.3, -0.25) is 0 Å². The lowest BCUT2D eigenvalue weighted by atomic mass is 9.98. The molecule has 0 fully saturated rings. The molecule has 0 aromatic heterocycles. The van der Waals surface area contributed by atoms with Crippen LogP contribution < -0.4 is 0 Å². The van der Waals surface area contributed by atoms with Gasteiger partial charge in [0.05, 0.1) is 4.20 Å². The van der Waals surface area contributed by atoms with Crippen molar-refractivity contribution >= 4 is 49.7 Å². The van der Waals surface area contributed by atoms with Gasteiger partial charge in [-0.05, 0) is 38.7 Å². The molecule has 2 heteroatoms. The third kappa shape index (κ3) is 2.95. The van der Waals surface area contributed by atoms with Gasteiger partial charge in [-0.1, -0.05) is 91.1 Å². The summed E-state index contributed by atoms with van der Waals surface area (Å²) in [6.07, 6.45) is 0. The van der Waals surface area contributed by atoms with Gasteiger partial charge in [-0.15, -0.1) is 11.8 Å². The molecule has 0 aliphatic rings. The highest BCUT2D eigenvalue weighted by Gasteiger charge is 2.09. The van der Waals surface area contributed by atoms with Crippen molar-refractivity contribution in [2.45, 2.75) is 5.75 Å². The van der Waals surface area contributed by atoms with Crippen molar-refractivity contribution in [3.05, 3.63) is 96.1 Å². The second kappa shape index (κ2) is 6.76. The molecule has 4 aromatic carbocycles. The van der Waals surface area contributed by atoms with Gasteiger partial charge in [0.15, 0.2) is 0 Å². The van der Waals surface area contributed by atoms with Gasteiger partial charge in [0.25, 0.3) is 0 Å². The summed E-state index contributed by atoms with van der Waals surface area (Å²) in [6.45, 7) is 0. The zero-order valence-electron chi connectivity index (χ0n) is 13.1. The number of hydrogen-bond acceptors (Lipinski definition) is 2. The summed E-state index contributed by atoms with van der Waals surface area (Å²) >= 11 is 7.37. The van der Waals surface area contributed by atoms with Gasteiger partial charge in [-0.25, -0.2) is 0 Å². The lowest BCUT2D eigenvalue weighted by Gasteiger charge is -2.12. The molecular weight excluding hydrogens is 328 g/mol. The van der Waals surface area contributed by atoms with Crippen molar-refractivity contribution in [3.8, 4) is 0 Å². The minimum absolute atomic E-state index is 0.885. The van der Waals surface area contributed by atoms with Gasteiger partial charge in [-0.2, -0.15) is 0 Å². The predicted molar refractivity (Wildman–Crippen MR) is 111 cm³/mol. The number of hydrogen-bond donors (Lipinski definition) is 0. The normalized spacial score (nSPS) is 11.0. The Hall–Kier alpha value is -2.16. The van der Waals surface area contributed by atoms with E-state index in [2.05, 4.69) is 66.7 Å². The second-order valence-corrected chi connectivity index (χ2v) is 7.39. The quantitative estimate of drug-likeness (QED) is 0.303. The maximum atomic E-state index is 5.63. The Morgan fingerprint density at radius 2 is 1.25 bits per heavy atom. The van der Waals surface area contributed by atoms with Crippen LogP contribution in [0.2, 0.25) is 0 Å². The molecule has 0 nitrogen and oxygen atoms in total. The smallest absolute Gasteiger partial charge is 0.0781 e. The van der Waals surface area contributed by atoms with Crippen molar-refractivity contribution in [3.63, 3.8) is 0 Å². The molecule has 0 radical (unpaired) electrons. The lowest BCUT2D eigenvalue weighted by Crippen LogP contribution is -1.94. The van der Waals surface area contributed by atoms with Crippen LogP contribution in [0.4, 0.5) is 0 Å². The second-order valence-electron chi connectivity index (χ2n) is 5.74. The number of thiocarbonyl (C=S) groups is 1. The molecule has 0 N–H and O–H groups in total. The van der Waals surface area contributed by atoms with E-state index in [1.807, 2.05) is 18.2 Å². The summed E-state index contributed by atoms with van der Waals surface area (Å²) in [5.74, 6) is 0.885. The molecule has 0 saturated carbocycles. The van der Waals surface area contributed by atoms with Crippen LogP contribution in [0, 0.1) is 0 Å². The SMILES string of the molecule is S=C(SCc1c2ccccc2cc2ccccc12)c1ccccc1. The highest BCUT2D eigenvalue weighted by atomic mass is 32.2. The first-order valence-electron chi connectivity index (χ1n) is 7.94. The van der Waals surface area contributed by atoms with E-state index in [0.717, 1.165) is 15.5 Å². The molecular formula is C22H16S2. The van der Waals surface area contributed by atoms with Crippen LogP contribution in [-0.2, 0) is 5.75 Å². The molecule has 4 rings (SSSR count). The standard InChI is InChI=1S/C22H16S2/c23-22(16-8-2-1-3-9-16)24-15-21-19-12-6-4-10-17(19)14-18-11-5-7-13-20(18)21/h1-14H,15H2. The summed E-state index contributed by atoms with van der Waals surface area (Å²) in [7, 11) is 0. The largest absolute Gasteiger partial charge is 0.109 e. The van der Waals surface area contributed by atoms with Crippen molar-refractivity contribution < 1.29 is 0 Å². The highest BCUT2D eigenvalue weighted by Crippen LogP contribution is 2.32. The Morgan fingerprint density at radius 1 is 0.708 bits per heavy atom. The molecule has 0 aliphatic carbocycles. The van der Waals surface area contributed by atoms with Gasteiger partial charge >= 0.3 is 0 Å². The van der Waals surface area contributed by atoms with Crippen molar-refractivity contribution in [2.75, 3.05) is 0 Å². The Balaban J connectivity index is 1.75. The summed E-state index contributed by atoms with van der Waals surface area (Å²) in [6, 6.07) is 29.7. The fraction of sp³-hybridized carbons (Fsp3) is 0.0455. The van der Waals surface area contributed by atoms with E-state index in [1.54, 1.807) is 11.8 Å². The number of fused-ring (bicyclic) bond motifs is 2. The molecule has 0 spiro atoms. The molecule has 116 valence electrons. The van der Waals surface area contributed by atoms with Crippen molar-refractivity contribution in [1.82, 2.24) is 0 Å². The lowest BCUT2D eigenvalue weighted by molar-refractivity contribution is 1.52. The Labute approximate surface area is 151 Å². The topological polar surface area (TPSA) is 0 Å². The van der Waals surface area contributed by atoms with E-state index < -0.39 is 0 Å². The van der Waals surface area contributed by atoms with Crippen LogP contribution in [0.3, 0.4) is 0 Å². The zero-order chi connectivity index (χ0) is 16.4. The van der Waals surface area contributed by atoms with Crippen LogP contribution in [0.1, 0.15) is 11.1 Å². The molecule has 0 unspecified atom stereocenters. The molecule has 0 atom stereocenters. The summed E-state index contributed by atoms with van der Waals surface area (Å²) in [5.41, 5.74) is 2.49.